The SMILES string of the molecule is [O-]C1C(c2c3c(O)ccc4c3c3c5c(ccc(O)c25)CCN3CC4)C([O-])C1c1c2c(O)ccc3c2c2c4c(ccc(O)c14)CCN2CC3. The van der Waals surface area contributed by atoms with Gasteiger partial charge in [-0.2, -0.15) is 0 Å². The number of benzene rings is 6. The number of anilines is 2. The second-order valence-electron chi connectivity index (χ2n) is 14.5. The van der Waals surface area contributed by atoms with Crippen LogP contribution in [0.1, 0.15) is 45.2 Å². The average Bonchev–Trinajstić information content (AvgIpc) is 3.09. The summed E-state index contributed by atoms with van der Waals surface area (Å²) in [6.45, 7) is 3.28. The molecule has 48 heavy (non-hydrogen) atoms. The molecule has 0 saturated heterocycles. The van der Waals surface area contributed by atoms with Gasteiger partial charge in [0, 0.05) is 69.3 Å². The number of hydrogen-bond donors (Lipinski definition) is 4. The highest BCUT2D eigenvalue weighted by atomic mass is 16.3. The summed E-state index contributed by atoms with van der Waals surface area (Å²) >= 11 is 0. The minimum Gasteiger partial charge on any atom is -0.851 e. The third-order valence-electron chi connectivity index (χ3n) is 12.4. The van der Waals surface area contributed by atoms with Crippen LogP contribution in [0.4, 0.5) is 11.4 Å². The lowest BCUT2D eigenvalue weighted by Crippen LogP contribution is -2.63. The summed E-state index contributed by atoms with van der Waals surface area (Å²) in [7, 11) is 0. The monoisotopic (exact) mass is 636 g/mol. The first-order chi connectivity index (χ1) is 23.3. The van der Waals surface area contributed by atoms with Crippen LogP contribution in [-0.4, -0.2) is 58.8 Å². The highest BCUT2D eigenvalue weighted by Gasteiger charge is 2.45. The summed E-state index contributed by atoms with van der Waals surface area (Å²) < 4.78 is 0. The molecule has 4 aliphatic heterocycles. The Morgan fingerprint density at radius 2 is 0.688 bits per heavy atom. The quantitative estimate of drug-likeness (QED) is 0.207. The molecular formula is C40H32N2O6-2. The van der Waals surface area contributed by atoms with Crippen LogP contribution in [0, 0.1) is 0 Å². The van der Waals surface area contributed by atoms with Crippen LogP contribution < -0.4 is 20.0 Å². The van der Waals surface area contributed by atoms with E-state index in [4.69, 9.17) is 0 Å². The van der Waals surface area contributed by atoms with E-state index in [1.165, 1.54) is 0 Å². The first-order valence-corrected chi connectivity index (χ1v) is 17.0. The summed E-state index contributed by atoms with van der Waals surface area (Å²) in [6.07, 6.45) is 0.210. The van der Waals surface area contributed by atoms with E-state index in [-0.39, 0.29) is 23.0 Å². The maximum atomic E-state index is 15.0. The molecule has 4 N–H and O–H groups in total. The molecule has 1 fully saturated rings. The minimum absolute atomic E-state index is 0.00354. The van der Waals surface area contributed by atoms with Crippen LogP contribution in [0.2, 0.25) is 0 Å². The second kappa shape index (κ2) is 8.95. The van der Waals surface area contributed by atoms with Crippen molar-refractivity contribution in [2.75, 3.05) is 36.0 Å². The van der Waals surface area contributed by atoms with Gasteiger partial charge < -0.3 is 40.4 Å². The third kappa shape index (κ3) is 3.05. The van der Waals surface area contributed by atoms with Crippen LogP contribution in [0.25, 0.3) is 43.1 Å². The summed E-state index contributed by atoms with van der Waals surface area (Å²) in [5.74, 6) is -2.15. The van der Waals surface area contributed by atoms with Crippen molar-refractivity contribution in [3.8, 4) is 23.0 Å². The topological polar surface area (TPSA) is 134 Å². The molecule has 8 nitrogen and oxygen atoms in total. The van der Waals surface area contributed by atoms with E-state index >= 15 is 0 Å². The van der Waals surface area contributed by atoms with Gasteiger partial charge in [0.25, 0.3) is 0 Å². The highest BCUT2D eigenvalue weighted by molar-refractivity contribution is 6.22. The average molecular weight is 637 g/mol. The van der Waals surface area contributed by atoms with Crippen molar-refractivity contribution in [3.05, 3.63) is 81.9 Å². The van der Waals surface area contributed by atoms with Gasteiger partial charge in [0.1, 0.15) is 23.0 Å². The molecule has 4 heterocycles. The van der Waals surface area contributed by atoms with Crippen molar-refractivity contribution < 1.29 is 30.6 Å². The molecule has 0 unspecified atom stereocenters. The highest BCUT2D eigenvalue weighted by Crippen LogP contribution is 2.60. The fourth-order valence-electron chi connectivity index (χ4n) is 10.4. The van der Waals surface area contributed by atoms with Crippen molar-refractivity contribution in [3.63, 3.8) is 0 Å². The number of rotatable bonds is 2. The lowest BCUT2D eigenvalue weighted by molar-refractivity contribution is -0.535. The van der Waals surface area contributed by atoms with Gasteiger partial charge in [-0.3, -0.25) is 0 Å². The van der Waals surface area contributed by atoms with E-state index < -0.39 is 24.0 Å². The smallest absolute Gasteiger partial charge is 0.123 e. The molecule has 1 aliphatic carbocycles. The summed E-state index contributed by atoms with van der Waals surface area (Å²) in [5.41, 5.74) is 7.03. The van der Waals surface area contributed by atoms with Crippen LogP contribution in [-0.2, 0) is 25.7 Å². The van der Waals surface area contributed by atoms with E-state index in [0.717, 1.165) is 107 Å². The maximum Gasteiger partial charge on any atom is 0.123 e. The van der Waals surface area contributed by atoms with Gasteiger partial charge in [-0.1, -0.05) is 24.3 Å². The molecule has 0 amide bonds. The summed E-state index contributed by atoms with van der Waals surface area (Å²) in [4.78, 5) is 4.61. The van der Waals surface area contributed by atoms with Gasteiger partial charge >= 0.3 is 0 Å². The number of aromatic hydroxyl groups is 4. The fourth-order valence-corrected chi connectivity index (χ4v) is 10.4. The van der Waals surface area contributed by atoms with E-state index in [2.05, 4.69) is 9.80 Å². The Kier molecular flexibility index (Phi) is 5.05. The summed E-state index contributed by atoms with van der Waals surface area (Å²) in [5, 5.41) is 81.4. The van der Waals surface area contributed by atoms with Crippen LogP contribution >= 0.6 is 0 Å². The van der Waals surface area contributed by atoms with Gasteiger partial charge in [-0.25, -0.2) is 0 Å². The maximum absolute atomic E-state index is 15.0. The van der Waals surface area contributed by atoms with Gasteiger partial charge in [0.2, 0.25) is 0 Å². The lowest BCUT2D eigenvalue weighted by Gasteiger charge is -2.62. The molecule has 1 saturated carbocycles. The van der Waals surface area contributed by atoms with Crippen LogP contribution in [0.5, 0.6) is 23.0 Å². The Morgan fingerprint density at radius 1 is 0.417 bits per heavy atom. The largest absolute Gasteiger partial charge is 0.851 e. The summed E-state index contributed by atoms with van der Waals surface area (Å²) in [6, 6.07) is 14.3. The third-order valence-corrected chi connectivity index (χ3v) is 12.4. The zero-order valence-electron chi connectivity index (χ0n) is 26.1. The molecule has 0 aromatic heterocycles. The van der Waals surface area contributed by atoms with Crippen molar-refractivity contribution in [1.82, 2.24) is 0 Å². The van der Waals surface area contributed by atoms with Gasteiger partial charge in [-0.05, 0) is 95.2 Å². The Morgan fingerprint density at radius 3 is 0.958 bits per heavy atom. The molecule has 5 aliphatic rings. The lowest BCUT2D eigenvalue weighted by atomic mass is 9.60. The molecular weight excluding hydrogens is 604 g/mol. The number of phenols is 4. The fraction of sp³-hybridized carbons (Fsp3) is 0.300. The second-order valence-corrected chi connectivity index (χ2v) is 14.5. The molecule has 6 aromatic carbocycles. The Bertz CT molecular complexity index is 2160. The van der Waals surface area contributed by atoms with Crippen LogP contribution in [0.3, 0.4) is 0 Å². The predicted octanol–water partition coefficient (Wildman–Crippen LogP) is 4.30. The Labute approximate surface area is 275 Å². The van der Waals surface area contributed by atoms with Crippen molar-refractivity contribution in [1.29, 1.82) is 0 Å². The zero-order valence-corrected chi connectivity index (χ0v) is 26.1. The standard InChI is InChI=1S/C40H32N2O6/c43-21-5-1-17-9-13-41-14-10-18-2-6-22(44)30-26(18)37(41)25(17)29(21)33(30)35-39(47)36(40(35)48)34-31-23(45)7-3-19-11-15-42-16-12-20-4-8-24(46)32(34)28(20)38(42)27(19)31/h1-8,35-36,39-40,43-46H,9-16H2/q-2. The zero-order chi connectivity index (χ0) is 32.3. The Hall–Kier alpha value is -4.92. The van der Waals surface area contributed by atoms with Crippen molar-refractivity contribution >= 4 is 54.5 Å². The van der Waals surface area contributed by atoms with E-state index in [1.807, 2.05) is 24.3 Å². The first kappa shape index (κ1) is 27.1. The predicted molar refractivity (Wildman–Crippen MR) is 182 cm³/mol. The van der Waals surface area contributed by atoms with E-state index in [9.17, 15) is 30.6 Å². The van der Waals surface area contributed by atoms with Crippen molar-refractivity contribution in [2.24, 2.45) is 0 Å². The molecule has 240 valence electrons. The minimum atomic E-state index is -1.46. The molecule has 0 radical (unpaired) electrons. The van der Waals surface area contributed by atoms with Gasteiger partial charge in [-0.15, -0.1) is 12.2 Å². The van der Waals surface area contributed by atoms with Gasteiger partial charge in [0.15, 0.2) is 0 Å². The normalized spacial score (nSPS) is 23.6. The molecule has 0 bridgehead atoms. The van der Waals surface area contributed by atoms with E-state index in [0.29, 0.717) is 32.7 Å². The Balaban J connectivity index is 1.21. The molecule has 11 rings (SSSR count). The number of phenolic OH excluding ortho intramolecular Hbond substituents is 4. The van der Waals surface area contributed by atoms with Crippen molar-refractivity contribution in [2.45, 2.75) is 49.7 Å². The first-order valence-electron chi connectivity index (χ1n) is 17.0. The van der Waals surface area contributed by atoms with Gasteiger partial charge in [0.05, 0.1) is 11.4 Å². The number of hydrogen-bond acceptors (Lipinski definition) is 8. The van der Waals surface area contributed by atoms with E-state index in [1.54, 1.807) is 24.3 Å². The molecule has 0 atom stereocenters. The molecule has 8 heteroatoms. The molecule has 0 spiro atoms. The number of nitrogens with zero attached hydrogens (tertiary/aromatic N) is 2. The van der Waals surface area contributed by atoms with Crippen LogP contribution in [0.15, 0.2) is 48.5 Å². The molecule has 6 aromatic rings.